The molecule has 1 spiro atoms. The van der Waals surface area contributed by atoms with Crippen molar-refractivity contribution in [3.8, 4) is 0 Å². The van der Waals surface area contributed by atoms with Gasteiger partial charge in [-0.1, -0.05) is 29.8 Å². The van der Waals surface area contributed by atoms with Crippen LogP contribution in [0.25, 0.3) is 0 Å². The summed E-state index contributed by atoms with van der Waals surface area (Å²) in [4.78, 5) is 29.6. The van der Waals surface area contributed by atoms with Gasteiger partial charge in [-0.15, -0.1) is 0 Å². The zero-order valence-corrected chi connectivity index (χ0v) is 15.1. The Kier molecular flexibility index (Phi) is 4.31. The van der Waals surface area contributed by atoms with Crippen LogP contribution < -0.4 is 0 Å². The van der Waals surface area contributed by atoms with Gasteiger partial charge in [0, 0.05) is 26.2 Å². The van der Waals surface area contributed by atoms with E-state index in [2.05, 4.69) is 25.1 Å². The second-order valence-electron chi connectivity index (χ2n) is 7.55. The highest BCUT2D eigenvalue weighted by Gasteiger charge is 2.49. The Morgan fingerprint density at radius 1 is 1.19 bits per heavy atom. The van der Waals surface area contributed by atoms with Crippen molar-refractivity contribution in [1.29, 1.82) is 0 Å². The number of carbonyl (C=O) groups is 2. The number of piperidine rings is 1. The molecule has 26 heavy (non-hydrogen) atoms. The molecule has 2 saturated heterocycles. The van der Waals surface area contributed by atoms with Gasteiger partial charge < -0.3 is 14.2 Å². The van der Waals surface area contributed by atoms with Crippen LogP contribution in [-0.2, 0) is 11.3 Å². The Morgan fingerprint density at radius 2 is 2.08 bits per heavy atom. The third-order valence-corrected chi connectivity index (χ3v) is 5.65. The zero-order chi connectivity index (χ0) is 18.1. The monoisotopic (exact) mass is 352 g/mol. The van der Waals surface area contributed by atoms with Crippen LogP contribution in [0.3, 0.4) is 0 Å². The molecule has 1 unspecified atom stereocenters. The summed E-state index contributed by atoms with van der Waals surface area (Å²) >= 11 is 0. The smallest absolute Gasteiger partial charge is 0.289 e. The molecule has 2 aliphatic rings. The molecule has 5 heteroatoms. The van der Waals surface area contributed by atoms with Crippen LogP contribution in [0, 0.1) is 12.3 Å². The maximum absolute atomic E-state index is 13.3. The lowest BCUT2D eigenvalue weighted by atomic mass is 9.78. The molecule has 1 atom stereocenters. The molecule has 1 aromatic carbocycles. The third-order valence-electron chi connectivity index (χ3n) is 5.65. The van der Waals surface area contributed by atoms with E-state index >= 15 is 0 Å². The number of furan rings is 1. The number of hydrogen-bond acceptors (Lipinski definition) is 3. The van der Waals surface area contributed by atoms with Crippen molar-refractivity contribution in [1.82, 2.24) is 9.80 Å². The largest absolute Gasteiger partial charge is 0.459 e. The van der Waals surface area contributed by atoms with E-state index in [4.69, 9.17) is 4.42 Å². The Bertz CT molecular complexity index is 814. The maximum atomic E-state index is 13.3. The van der Waals surface area contributed by atoms with Crippen LogP contribution in [0.4, 0.5) is 0 Å². The molecule has 2 amide bonds. The van der Waals surface area contributed by atoms with Gasteiger partial charge >= 0.3 is 0 Å². The number of aryl methyl sites for hydroxylation is 1. The van der Waals surface area contributed by atoms with Gasteiger partial charge in [0.25, 0.3) is 5.91 Å². The molecule has 2 aromatic rings. The van der Waals surface area contributed by atoms with Crippen LogP contribution in [0.1, 0.15) is 40.9 Å². The highest BCUT2D eigenvalue weighted by molar-refractivity contribution is 5.93. The lowest BCUT2D eigenvalue weighted by Crippen LogP contribution is -2.50. The first-order valence-corrected chi connectivity index (χ1v) is 9.25. The minimum Gasteiger partial charge on any atom is -0.459 e. The summed E-state index contributed by atoms with van der Waals surface area (Å²) in [6.45, 7) is 4.62. The first-order valence-electron chi connectivity index (χ1n) is 9.25. The Morgan fingerprint density at radius 3 is 2.85 bits per heavy atom. The first kappa shape index (κ1) is 16.9. The molecule has 2 fully saturated rings. The van der Waals surface area contributed by atoms with E-state index in [0.29, 0.717) is 25.4 Å². The van der Waals surface area contributed by atoms with Gasteiger partial charge in [0.2, 0.25) is 5.91 Å². The third kappa shape index (κ3) is 3.02. The van der Waals surface area contributed by atoms with E-state index in [-0.39, 0.29) is 11.8 Å². The zero-order valence-electron chi connectivity index (χ0n) is 15.1. The molecule has 3 heterocycles. The fourth-order valence-corrected chi connectivity index (χ4v) is 4.31. The number of likely N-dealkylation sites (tertiary alicyclic amines) is 2. The van der Waals surface area contributed by atoms with Gasteiger partial charge in [-0.3, -0.25) is 9.59 Å². The normalized spacial score (nSPS) is 23.0. The average Bonchev–Trinajstić information content (AvgIpc) is 3.30. The molecule has 0 radical (unpaired) electrons. The molecule has 1 aromatic heterocycles. The first-order chi connectivity index (χ1) is 12.6. The van der Waals surface area contributed by atoms with Crippen molar-refractivity contribution in [3.05, 3.63) is 59.5 Å². The number of rotatable bonds is 3. The molecule has 0 aliphatic carbocycles. The SMILES string of the molecule is Cc1cccc(CN2CCCC3(CCN(C(=O)c4ccco4)C3)C2=O)c1. The van der Waals surface area contributed by atoms with Crippen molar-refractivity contribution in [2.45, 2.75) is 32.7 Å². The predicted octanol–water partition coefficient (Wildman–Crippen LogP) is 3.24. The van der Waals surface area contributed by atoms with Crippen LogP contribution in [0.5, 0.6) is 0 Å². The number of nitrogens with zero attached hydrogens (tertiary/aromatic N) is 2. The molecular formula is C21H24N2O3. The molecule has 136 valence electrons. The van der Waals surface area contributed by atoms with Crippen molar-refractivity contribution in [3.63, 3.8) is 0 Å². The van der Waals surface area contributed by atoms with Gasteiger partial charge in [0.05, 0.1) is 11.7 Å². The molecular weight excluding hydrogens is 328 g/mol. The van der Waals surface area contributed by atoms with E-state index in [1.807, 2.05) is 11.0 Å². The van der Waals surface area contributed by atoms with Crippen molar-refractivity contribution in [2.75, 3.05) is 19.6 Å². The second-order valence-corrected chi connectivity index (χ2v) is 7.55. The van der Waals surface area contributed by atoms with Crippen molar-refractivity contribution in [2.24, 2.45) is 5.41 Å². The summed E-state index contributed by atoms with van der Waals surface area (Å²) in [7, 11) is 0. The quantitative estimate of drug-likeness (QED) is 0.852. The van der Waals surface area contributed by atoms with Gasteiger partial charge in [0.1, 0.15) is 0 Å². The molecule has 0 saturated carbocycles. The van der Waals surface area contributed by atoms with E-state index in [0.717, 1.165) is 31.4 Å². The Hall–Kier alpha value is -2.56. The molecule has 0 bridgehead atoms. The fraction of sp³-hybridized carbons (Fsp3) is 0.429. The lowest BCUT2D eigenvalue weighted by molar-refractivity contribution is -0.146. The summed E-state index contributed by atoms with van der Waals surface area (Å²) in [6, 6.07) is 11.7. The van der Waals surface area contributed by atoms with Crippen LogP contribution >= 0.6 is 0 Å². The highest BCUT2D eigenvalue weighted by atomic mass is 16.3. The number of carbonyl (C=O) groups excluding carboxylic acids is 2. The fourth-order valence-electron chi connectivity index (χ4n) is 4.31. The van der Waals surface area contributed by atoms with Gasteiger partial charge in [-0.25, -0.2) is 0 Å². The number of benzene rings is 1. The summed E-state index contributed by atoms with van der Waals surface area (Å²) < 4.78 is 5.24. The minimum atomic E-state index is -0.426. The minimum absolute atomic E-state index is 0.115. The van der Waals surface area contributed by atoms with Crippen LogP contribution in [0.2, 0.25) is 0 Å². The number of hydrogen-bond donors (Lipinski definition) is 0. The van der Waals surface area contributed by atoms with Crippen molar-refractivity contribution < 1.29 is 14.0 Å². The molecule has 0 N–H and O–H groups in total. The Labute approximate surface area is 153 Å². The standard InChI is InChI=1S/C21H24N2O3/c1-16-5-2-6-17(13-16)14-22-10-4-8-21(20(22)25)9-11-23(15-21)19(24)18-7-3-12-26-18/h2-3,5-7,12-13H,4,8-11,14-15H2,1H3. The van der Waals surface area contributed by atoms with E-state index in [1.54, 1.807) is 17.0 Å². The van der Waals surface area contributed by atoms with Gasteiger partial charge in [-0.05, 0) is 43.9 Å². The van der Waals surface area contributed by atoms with Crippen molar-refractivity contribution >= 4 is 11.8 Å². The second kappa shape index (κ2) is 6.63. The van der Waals surface area contributed by atoms with Crippen LogP contribution in [0.15, 0.2) is 47.1 Å². The number of amides is 2. The lowest BCUT2D eigenvalue weighted by Gasteiger charge is -2.39. The van der Waals surface area contributed by atoms with E-state index in [1.165, 1.54) is 11.8 Å². The molecule has 2 aliphatic heterocycles. The van der Waals surface area contributed by atoms with E-state index < -0.39 is 5.41 Å². The van der Waals surface area contributed by atoms with Gasteiger partial charge in [0.15, 0.2) is 5.76 Å². The average molecular weight is 352 g/mol. The molecule has 4 rings (SSSR count). The highest BCUT2D eigenvalue weighted by Crippen LogP contribution is 2.41. The molecule has 5 nitrogen and oxygen atoms in total. The topological polar surface area (TPSA) is 53.8 Å². The predicted molar refractivity (Wildman–Crippen MR) is 97.5 cm³/mol. The summed E-state index contributed by atoms with van der Waals surface area (Å²) in [5.41, 5.74) is 1.94. The summed E-state index contributed by atoms with van der Waals surface area (Å²) in [5.74, 6) is 0.428. The summed E-state index contributed by atoms with van der Waals surface area (Å²) in [5, 5.41) is 0. The summed E-state index contributed by atoms with van der Waals surface area (Å²) in [6.07, 6.45) is 4.09. The Balaban J connectivity index is 1.48. The maximum Gasteiger partial charge on any atom is 0.289 e. The van der Waals surface area contributed by atoms with Gasteiger partial charge in [-0.2, -0.15) is 0 Å². The van der Waals surface area contributed by atoms with E-state index in [9.17, 15) is 9.59 Å². The van der Waals surface area contributed by atoms with Crippen LogP contribution in [-0.4, -0.2) is 41.2 Å².